The van der Waals surface area contributed by atoms with E-state index < -0.39 is 6.29 Å². The zero-order valence-electron chi connectivity index (χ0n) is 8.48. The average molecular weight is 184 g/mol. The van der Waals surface area contributed by atoms with Crippen molar-refractivity contribution in [2.45, 2.75) is 39.4 Å². The first-order chi connectivity index (χ1) is 6.15. The summed E-state index contributed by atoms with van der Waals surface area (Å²) in [6.07, 6.45) is 6.14. The van der Waals surface area contributed by atoms with Crippen LogP contribution < -0.4 is 0 Å². The van der Waals surface area contributed by atoms with E-state index in [2.05, 4.69) is 19.9 Å². The summed E-state index contributed by atoms with van der Waals surface area (Å²) in [5.74, 6) is 1.31. The number of rotatable bonds is 3. The van der Waals surface area contributed by atoms with Crippen molar-refractivity contribution in [3.63, 3.8) is 0 Å². The Balaban J connectivity index is 2.47. The first kappa shape index (κ1) is 10.7. The van der Waals surface area contributed by atoms with Gasteiger partial charge in [0.2, 0.25) is 0 Å². The van der Waals surface area contributed by atoms with Gasteiger partial charge in [0.15, 0.2) is 6.29 Å². The van der Waals surface area contributed by atoms with Crippen molar-refractivity contribution in [1.29, 1.82) is 0 Å². The van der Waals surface area contributed by atoms with Crippen LogP contribution in [0.4, 0.5) is 0 Å². The molecule has 1 aliphatic carbocycles. The molecule has 0 heterocycles. The highest BCUT2D eigenvalue weighted by Gasteiger charge is 2.22. The topological polar surface area (TPSA) is 40.5 Å². The standard InChI is InChI=1S/C11H20O2/c1-3-8(2)9-4-6-10(7-5-9)11(12)13/h4,6,8-13H,3,5,7H2,1-2H3/t8?,9?,10-/m1/s1. The van der Waals surface area contributed by atoms with Crippen LogP contribution in [0.1, 0.15) is 33.1 Å². The molecule has 0 amide bonds. The maximum absolute atomic E-state index is 8.96. The quantitative estimate of drug-likeness (QED) is 0.519. The molecule has 3 atom stereocenters. The van der Waals surface area contributed by atoms with Crippen LogP contribution in [0.25, 0.3) is 0 Å². The van der Waals surface area contributed by atoms with E-state index in [4.69, 9.17) is 10.2 Å². The lowest BCUT2D eigenvalue weighted by atomic mass is 9.80. The van der Waals surface area contributed by atoms with Gasteiger partial charge >= 0.3 is 0 Å². The highest BCUT2D eigenvalue weighted by molar-refractivity contribution is 4.99. The van der Waals surface area contributed by atoms with E-state index in [1.54, 1.807) is 0 Å². The van der Waals surface area contributed by atoms with Gasteiger partial charge in [-0.1, -0.05) is 32.4 Å². The van der Waals surface area contributed by atoms with Gasteiger partial charge in [-0.25, -0.2) is 0 Å². The van der Waals surface area contributed by atoms with Gasteiger partial charge < -0.3 is 10.2 Å². The van der Waals surface area contributed by atoms with Crippen LogP contribution in [-0.4, -0.2) is 16.5 Å². The minimum absolute atomic E-state index is 0.0414. The summed E-state index contributed by atoms with van der Waals surface area (Å²) >= 11 is 0. The molecule has 0 aromatic rings. The van der Waals surface area contributed by atoms with Gasteiger partial charge in [-0.05, 0) is 24.7 Å². The van der Waals surface area contributed by atoms with Crippen LogP contribution in [0.15, 0.2) is 12.2 Å². The minimum Gasteiger partial charge on any atom is -0.368 e. The monoisotopic (exact) mass is 184 g/mol. The Morgan fingerprint density at radius 1 is 1.23 bits per heavy atom. The van der Waals surface area contributed by atoms with Crippen molar-refractivity contribution in [3.05, 3.63) is 12.2 Å². The van der Waals surface area contributed by atoms with Crippen molar-refractivity contribution in [3.8, 4) is 0 Å². The van der Waals surface area contributed by atoms with Crippen molar-refractivity contribution >= 4 is 0 Å². The predicted octanol–water partition coefficient (Wildman–Crippen LogP) is 1.93. The first-order valence-corrected chi connectivity index (χ1v) is 5.19. The zero-order valence-corrected chi connectivity index (χ0v) is 8.48. The number of aliphatic hydroxyl groups excluding tert-OH is 1. The average Bonchev–Trinajstić information content (AvgIpc) is 2.17. The van der Waals surface area contributed by atoms with Crippen LogP contribution in [0.3, 0.4) is 0 Å². The molecule has 1 aliphatic rings. The highest BCUT2D eigenvalue weighted by Crippen LogP contribution is 2.30. The molecule has 2 heteroatoms. The van der Waals surface area contributed by atoms with Crippen molar-refractivity contribution in [2.24, 2.45) is 17.8 Å². The van der Waals surface area contributed by atoms with Gasteiger partial charge in [0.25, 0.3) is 0 Å². The maximum Gasteiger partial charge on any atom is 0.157 e. The summed E-state index contributed by atoms with van der Waals surface area (Å²) in [6.45, 7) is 4.45. The largest absolute Gasteiger partial charge is 0.368 e. The van der Waals surface area contributed by atoms with Gasteiger partial charge in [0, 0.05) is 5.92 Å². The molecule has 0 aromatic heterocycles. The molecule has 2 nitrogen and oxygen atoms in total. The summed E-state index contributed by atoms with van der Waals surface area (Å²) in [6, 6.07) is 0. The van der Waals surface area contributed by atoms with E-state index in [0.29, 0.717) is 11.8 Å². The Morgan fingerprint density at radius 3 is 2.15 bits per heavy atom. The summed E-state index contributed by atoms with van der Waals surface area (Å²) in [5, 5.41) is 17.9. The molecule has 0 bridgehead atoms. The molecule has 2 N–H and O–H groups in total. The fourth-order valence-electron chi connectivity index (χ4n) is 1.89. The van der Waals surface area contributed by atoms with E-state index in [0.717, 1.165) is 12.8 Å². The Labute approximate surface area is 80.3 Å². The fourth-order valence-corrected chi connectivity index (χ4v) is 1.89. The Morgan fingerprint density at radius 2 is 1.77 bits per heavy atom. The van der Waals surface area contributed by atoms with Gasteiger partial charge in [-0.15, -0.1) is 0 Å². The molecule has 0 aliphatic heterocycles. The van der Waals surface area contributed by atoms with E-state index in [9.17, 15) is 0 Å². The molecular weight excluding hydrogens is 164 g/mol. The lowest BCUT2D eigenvalue weighted by Gasteiger charge is -2.27. The van der Waals surface area contributed by atoms with Crippen LogP contribution in [-0.2, 0) is 0 Å². The number of allylic oxidation sites excluding steroid dienone is 1. The maximum atomic E-state index is 8.96. The van der Waals surface area contributed by atoms with Crippen LogP contribution in [0.5, 0.6) is 0 Å². The molecule has 0 saturated heterocycles. The molecule has 0 saturated carbocycles. The smallest absolute Gasteiger partial charge is 0.157 e. The molecule has 13 heavy (non-hydrogen) atoms. The summed E-state index contributed by atoms with van der Waals surface area (Å²) < 4.78 is 0. The van der Waals surface area contributed by atoms with E-state index >= 15 is 0 Å². The van der Waals surface area contributed by atoms with Crippen LogP contribution in [0.2, 0.25) is 0 Å². The minimum atomic E-state index is -1.17. The van der Waals surface area contributed by atoms with E-state index in [1.807, 2.05) is 6.08 Å². The van der Waals surface area contributed by atoms with Crippen LogP contribution in [0, 0.1) is 17.8 Å². The van der Waals surface area contributed by atoms with Crippen LogP contribution >= 0.6 is 0 Å². The van der Waals surface area contributed by atoms with Gasteiger partial charge in [0.1, 0.15) is 0 Å². The van der Waals surface area contributed by atoms with Crippen molar-refractivity contribution < 1.29 is 10.2 Å². The lowest BCUT2D eigenvalue weighted by Crippen LogP contribution is -2.23. The molecule has 0 spiro atoms. The second-order valence-electron chi connectivity index (χ2n) is 4.09. The molecular formula is C11H20O2. The predicted molar refractivity (Wildman–Crippen MR) is 53.0 cm³/mol. The molecule has 1 rings (SSSR count). The summed E-state index contributed by atoms with van der Waals surface area (Å²) in [4.78, 5) is 0. The van der Waals surface area contributed by atoms with Gasteiger partial charge in [-0.2, -0.15) is 0 Å². The van der Waals surface area contributed by atoms with Gasteiger partial charge in [-0.3, -0.25) is 0 Å². The van der Waals surface area contributed by atoms with Crippen molar-refractivity contribution in [1.82, 2.24) is 0 Å². The molecule has 76 valence electrons. The number of hydrogen-bond donors (Lipinski definition) is 2. The summed E-state index contributed by atoms with van der Waals surface area (Å²) in [5.41, 5.74) is 0. The first-order valence-electron chi connectivity index (χ1n) is 5.19. The number of aliphatic hydroxyl groups is 2. The third-order valence-corrected chi connectivity index (χ3v) is 3.20. The molecule has 2 unspecified atom stereocenters. The summed E-state index contributed by atoms with van der Waals surface area (Å²) in [7, 11) is 0. The molecule has 0 fully saturated rings. The van der Waals surface area contributed by atoms with Gasteiger partial charge in [0.05, 0.1) is 0 Å². The third-order valence-electron chi connectivity index (χ3n) is 3.20. The Hall–Kier alpha value is -0.340. The second-order valence-corrected chi connectivity index (χ2v) is 4.09. The Kier molecular flexibility index (Phi) is 3.94. The molecule has 0 aromatic carbocycles. The molecule has 0 radical (unpaired) electrons. The Bertz CT molecular complexity index is 175. The van der Waals surface area contributed by atoms with E-state index in [1.165, 1.54) is 6.42 Å². The van der Waals surface area contributed by atoms with Crippen molar-refractivity contribution in [2.75, 3.05) is 0 Å². The third kappa shape index (κ3) is 2.82. The number of hydrogen-bond acceptors (Lipinski definition) is 2. The van der Waals surface area contributed by atoms with E-state index in [-0.39, 0.29) is 5.92 Å². The normalized spacial score (nSPS) is 30.8. The lowest BCUT2D eigenvalue weighted by molar-refractivity contribution is -0.0745. The highest BCUT2D eigenvalue weighted by atomic mass is 16.5. The zero-order chi connectivity index (χ0) is 9.84. The fraction of sp³-hybridized carbons (Fsp3) is 0.818. The second kappa shape index (κ2) is 4.77. The SMILES string of the molecule is CCC(C)C1C=C[C@@H](C(O)O)CC1.